The first-order chi connectivity index (χ1) is 14.4. The predicted octanol–water partition coefficient (Wildman–Crippen LogP) is 4.12. The SMILES string of the molecule is CC(C)N1CCN(c2ccc(N=Cc3c(O)[nH]c(=O)c4ccc(I)cc34)cc2)CC1. The molecule has 1 fully saturated rings. The van der Waals surface area contributed by atoms with Crippen molar-refractivity contribution in [2.45, 2.75) is 19.9 Å². The maximum atomic E-state index is 12.1. The van der Waals surface area contributed by atoms with Gasteiger partial charge in [0.15, 0.2) is 0 Å². The number of benzene rings is 2. The molecule has 0 spiro atoms. The third-order valence-corrected chi connectivity index (χ3v) is 6.28. The molecule has 7 heteroatoms. The van der Waals surface area contributed by atoms with Crippen LogP contribution in [0.5, 0.6) is 5.88 Å². The van der Waals surface area contributed by atoms with Gasteiger partial charge >= 0.3 is 0 Å². The third-order valence-electron chi connectivity index (χ3n) is 5.61. The number of aromatic amines is 1. The van der Waals surface area contributed by atoms with E-state index in [2.05, 4.69) is 68.3 Å². The van der Waals surface area contributed by atoms with Gasteiger partial charge in [0.25, 0.3) is 5.56 Å². The van der Waals surface area contributed by atoms with Crippen LogP contribution in [-0.2, 0) is 0 Å². The van der Waals surface area contributed by atoms with E-state index in [0.29, 0.717) is 22.4 Å². The lowest BCUT2D eigenvalue weighted by atomic mass is 10.1. The van der Waals surface area contributed by atoms with Gasteiger partial charge in [0.1, 0.15) is 0 Å². The van der Waals surface area contributed by atoms with Crippen LogP contribution < -0.4 is 10.5 Å². The molecule has 3 aromatic rings. The normalized spacial score (nSPS) is 15.5. The minimum Gasteiger partial charge on any atom is -0.494 e. The molecule has 0 unspecified atom stereocenters. The molecule has 1 aromatic heterocycles. The average molecular weight is 516 g/mol. The average Bonchev–Trinajstić information content (AvgIpc) is 2.74. The Morgan fingerprint density at radius 3 is 2.43 bits per heavy atom. The molecule has 1 saturated heterocycles. The highest BCUT2D eigenvalue weighted by Gasteiger charge is 2.18. The summed E-state index contributed by atoms with van der Waals surface area (Å²) in [7, 11) is 0. The molecule has 0 amide bonds. The summed E-state index contributed by atoms with van der Waals surface area (Å²) in [5.74, 6) is -0.169. The number of rotatable bonds is 4. The summed E-state index contributed by atoms with van der Waals surface area (Å²) in [6, 6.07) is 14.2. The molecule has 2 heterocycles. The van der Waals surface area contributed by atoms with E-state index in [1.165, 1.54) is 5.69 Å². The first kappa shape index (κ1) is 20.9. The van der Waals surface area contributed by atoms with Crippen LogP contribution in [0.25, 0.3) is 10.8 Å². The molecule has 2 aromatic carbocycles. The lowest BCUT2D eigenvalue weighted by Crippen LogP contribution is -2.48. The third kappa shape index (κ3) is 4.37. The van der Waals surface area contributed by atoms with Gasteiger partial charge in [0.05, 0.1) is 11.3 Å². The molecule has 0 atom stereocenters. The number of nitrogens with one attached hydrogen (secondary N) is 1. The van der Waals surface area contributed by atoms with Gasteiger partial charge in [0.2, 0.25) is 5.88 Å². The maximum absolute atomic E-state index is 12.1. The van der Waals surface area contributed by atoms with E-state index >= 15 is 0 Å². The van der Waals surface area contributed by atoms with Crippen LogP contribution in [0.2, 0.25) is 0 Å². The quantitative estimate of drug-likeness (QED) is 0.405. The van der Waals surface area contributed by atoms with Crippen molar-refractivity contribution in [2.75, 3.05) is 31.1 Å². The monoisotopic (exact) mass is 516 g/mol. The lowest BCUT2D eigenvalue weighted by Gasteiger charge is -2.38. The zero-order valence-electron chi connectivity index (χ0n) is 17.1. The molecule has 0 aliphatic carbocycles. The van der Waals surface area contributed by atoms with Gasteiger partial charge in [-0.15, -0.1) is 0 Å². The molecule has 4 rings (SSSR count). The lowest BCUT2D eigenvalue weighted by molar-refractivity contribution is 0.209. The van der Waals surface area contributed by atoms with Gasteiger partial charge in [-0.25, -0.2) is 0 Å². The second kappa shape index (κ2) is 8.77. The van der Waals surface area contributed by atoms with Crippen LogP contribution in [-0.4, -0.2) is 53.4 Å². The summed E-state index contributed by atoms with van der Waals surface area (Å²) in [5.41, 5.74) is 2.20. The fraction of sp³-hybridized carbons (Fsp3) is 0.304. The number of hydrogen-bond acceptors (Lipinski definition) is 5. The minimum absolute atomic E-state index is 0.169. The zero-order valence-corrected chi connectivity index (χ0v) is 19.3. The molecule has 6 nitrogen and oxygen atoms in total. The molecule has 1 aliphatic heterocycles. The first-order valence-electron chi connectivity index (χ1n) is 10.1. The second-order valence-corrected chi connectivity index (χ2v) is 9.04. The summed E-state index contributed by atoms with van der Waals surface area (Å²) in [6.45, 7) is 8.69. The van der Waals surface area contributed by atoms with Crippen molar-refractivity contribution in [1.29, 1.82) is 0 Å². The van der Waals surface area contributed by atoms with Crippen molar-refractivity contribution < 1.29 is 5.11 Å². The molecule has 2 N–H and O–H groups in total. The summed E-state index contributed by atoms with van der Waals surface area (Å²) < 4.78 is 0.988. The summed E-state index contributed by atoms with van der Waals surface area (Å²) in [4.78, 5) is 24.0. The smallest absolute Gasteiger partial charge is 0.258 e. The number of fused-ring (bicyclic) bond motifs is 1. The van der Waals surface area contributed by atoms with E-state index in [4.69, 9.17) is 0 Å². The van der Waals surface area contributed by atoms with E-state index in [-0.39, 0.29) is 11.4 Å². The van der Waals surface area contributed by atoms with Crippen molar-refractivity contribution in [3.8, 4) is 5.88 Å². The van der Waals surface area contributed by atoms with E-state index in [1.807, 2.05) is 24.3 Å². The van der Waals surface area contributed by atoms with E-state index in [9.17, 15) is 9.90 Å². The topological polar surface area (TPSA) is 71.9 Å². The molecule has 1 aliphatic rings. The number of nitrogens with zero attached hydrogens (tertiary/aromatic N) is 3. The van der Waals surface area contributed by atoms with Gasteiger partial charge in [-0.1, -0.05) is 0 Å². The number of hydrogen-bond donors (Lipinski definition) is 2. The second-order valence-electron chi connectivity index (χ2n) is 7.80. The van der Waals surface area contributed by atoms with E-state index in [0.717, 1.165) is 35.4 Å². The molecule has 156 valence electrons. The van der Waals surface area contributed by atoms with Gasteiger partial charge in [-0.3, -0.25) is 19.7 Å². The number of piperazine rings is 1. The van der Waals surface area contributed by atoms with E-state index in [1.54, 1.807) is 12.3 Å². The Morgan fingerprint density at radius 1 is 1.07 bits per heavy atom. The fourth-order valence-electron chi connectivity index (χ4n) is 3.82. The van der Waals surface area contributed by atoms with Crippen LogP contribution in [0.1, 0.15) is 19.4 Å². The Kier molecular flexibility index (Phi) is 6.10. The first-order valence-corrected chi connectivity index (χ1v) is 11.2. The summed E-state index contributed by atoms with van der Waals surface area (Å²) >= 11 is 2.19. The standard InChI is InChI=1S/C23H25IN4O2/c1-15(2)27-9-11-28(12-10-27)18-6-4-17(5-7-18)25-14-21-20-13-16(24)3-8-19(20)22(29)26-23(21)30/h3-8,13-15H,9-12H2,1-2H3,(H2,26,29,30). The van der Waals surface area contributed by atoms with Crippen molar-refractivity contribution in [1.82, 2.24) is 9.88 Å². The number of halogens is 1. The Morgan fingerprint density at radius 2 is 1.77 bits per heavy atom. The highest BCUT2D eigenvalue weighted by molar-refractivity contribution is 14.1. The maximum Gasteiger partial charge on any atom is 0.258 e. The molecule has 0 bridgehead atoms. The molecule has 0 saturated carbocycles. The van der Waals surface area contributed by atoms with Crippen molar-refractivity contribution in [3.05, 3.63) is 62.0 Å². The molecular weight excluding hydrogens is 491 g/mol. The highest BCUT2D eigenvalue weighted by Crippen LogP contribution is 2.25. The number of anilines is 1. The number of H-pyrrole nitrogens is 1. The molecule has 0 radical (unpaired) electrons. The van der Waals surface area contributed by atoms with Crippen molar-refractivity contribution in [2.24, 2.45) is 4.99 Å². The van der Waals surface area contributed by atoms with Gasteiger partial charge < -0.3 is 10.0 Å². The van der Waals surface area contributed by atoms with Crippen LogP contribution in [0.4, 0.5) is 11.4 Å². The predicted molar refractivity (Wildman–Crippen MR) is 132 cm³/mol. The number of aliphatic imine (C=N–C) groups is 1. The van der Waals surface area contributed by atoms with Crippen LogP contribution in [0, 0.1) is 3.57 Å². The van der Waals surface area contributed by atoms with Crippen molar-refractivity contribution in [3.63, 3.8) is 0 Å². The van der Waals surface area contributed by atoms with Crippen LogP contribution in [0.3, 0.4) is 0 Å². The number of pyridine rings is 1. The highest BCUT2D eigenvalue weighted by atomic mass is 127. The van der Waals surface area contributed by atoms with Crippen molar-refractivity contribution >= 4 is 51.0 Å². The molecular formula is C23H25IN4O2. The minimum atomic E-state index is -0.307. The Hall–Kier alpha value is -2.39. The zero-order chi connectivity index (χ0) is 21.3. The van der Waals surface area contributed by atoms with E-state index < -0.39 is 0 Å². The van der Waals surface area contributed by atoms with Gasteiger partial charge in [0, 0.05) is 58.5 Å². The molecule has 30 heavy (non-hydrogen) atoms. The summed E-state index contributed by atoms with van der Waals surface area (Å²) in [6.07, 6.45) is 1.61. The fourth-order valence-corrected chi connectivity index (χ4v) is 4.31. The number of aromatic nitrogens is 1. The van der Waals surface area contributed by atoms with Gasteiger partial charge in [-0.05, 0) is 78.9 Å². The Labute approximate surface area is 189 Å². The van der Waals surface area contributed by atoms with Crippen LogP contribution in [0.15, 0.2) is 52.3 Å². The Bertz CT molecular complexity index is 1130. The van der Waals surface area contributed by atoms with Gasteiger partial charge in [-0.2, -0.15) is 0 Å². The van der Waals surface area contributed by atoms with Crippen LogP contribution >= 0.6 is 22.6 Å². The Balaban J connectivity index is 1.54. The number of aromatic hydroxyl groups is 1. The largest absolute Gasteiger partial charge is 0.494 e. The summed E-state index contributed by atoms with van der Waals surface area (Å²) in [5, 5.41) is 11.5.